The maximum absolute atomic E-state index is 13.8. The van der Waals surface area contributed by atoms with E-state index in [0.717, 1.165) is 0 Å². The van der Waals surface area contributed by atoms with Crippen molar-refractivity contribution in [2.45, 2.75) is 24.9 Å². The van der Waals surface area contributed by atoms with Crippen molar-refractivity contribution >= 4 is 63.8 Å². The van der Waals surface area contributed by atoms with Crippen LogP contribution >= 0.6 is 11.6 Å². The van der Waals surface area contributed by atoms with Gasteiger partial charge in [0, 0.05) is 32.1 Å². The molecule has 1 aromatic carbocycles. The fourth-order valence-corrected chi connectivity index (χ4v) is 5.87. The van der Waals surface area contributed by atoms with Crippen molar-refractivity contribution in [1.82, 2.24) is 0 Å². The molecule has 0 bridgehead atoms. The zero-order valence-electron chi connectivity index (χ0n) is 20.6. The molecule has 1 amide bonds. The third-order valence-electron chi connectivity index (χ3n) is 7.47. The van der Waals surface area contributed by atoms with Crippen LogP contribution in [0.4, 0.5) is 11.4 Å². The molecule has 0 aromatic heterocycles. The van der Waals surface area contributed by atoms with E-state index in [1.165, 1.54) is 6.07 Å². The van der Waals surface area contributed by atoms with Crippen LogP contribution in [0.5, 0.6) is 5.75 Å². The standard InChI is InChI=1S/C24H27ClN6O7/c1-31(2)12-6-11(29-23(28)30-14(26)7-25)18(33)16-10(12)4-8-3-9-5-13(32)17(22(27)37)21(36)24(9,38)20(35)15(8)19(16)34/h6,8-9,15,17,33,38H,3-5,7H2,1-2H3,(H2,27,37)(H4,26,28,29,30)/t8-,9+,15?,17?,24+/m1/s1. The van der Waals surface area contributed by atoms with Crippen molar-refractivity contribution in [2.24, 2.45) is 50.9 Å². The molecule has 8 N–H and O–H groups in total. The molecule has 2 fully saturated rings. The van der Waals surface area contributed by atoms with E-state index < -0.39 is 70.5 Å². The van der Waals surface area contributed by atoms with Gasteiger partial charge in [0.2, 0.25) is 11.9 Å². The van der Waals surface area contributed by atoms with Gasteiger partial charge in [-0.25, -0.2) is 4.99 Å². The number of Topliss-reactive ketones (excluding diaryl/α,β-unsaturated/α-hetero) is 4. The number of aromatic hydroxyl groups is 1. The van der Waals surface area contributed by atoms with Crippen molar-refractivity contribution in [2.75, 3.05) is 24.9 Å². The van der Waals surface area contributed by atoms with Crippen LogP contribution in [0.1, 0.15) is 28.8 Å². The summed E-state index contributed by atoms with van der Waals surface area (Å²) >= 11 is 5.61. The third kappa shape index (κ3) is 4.02. The van der Waals surface area contributed by atoms with Crippen molar-refractivity contribution in [1.29, 1.82) is 0 Å². The van der Waals surface area contributed by atoms with Crippen molar-refractivity contribution in [3.63, 3.8) is 0 Å². The highest BCUT2D eigenvalue weighted by atomic mass is 35.5. The first kappa shape index (κ1) is 27.2. The van der Waals surface area contributed by atoms with Crippen LogP contribution in [0.3, 0.4) is 0 Å². The van der Waals surface area contributed by atoms with Crippen LogP contribution < -0.4 is 22.1 Å². The van der Waals surface area contributed by atoms with Gasteiger partial charge in [-0.3, -0.25) is 24.0 Å². The van der Waals surface area contributed by atoms with E-state index in [1.54, 1.807) is 19.0 Å². The Morgan fingerprint density at radius 3 is 2.39 bits per heavy atom. The lowest BCUT2D eigenvalue weighted by atomic mass is 9.53. The molecule has 3 aliphatic carbocycles. The topological polar surface area (TPSA) is 232 Å². The Labute approximate surface area is 221 Å². The molecule has 13 nitrogen and oxygen atoms in total. The number of fused-ring (bicyclic) bond motifs is 3. The van der Waals surface area contributed by atoms with Gasteiger partial charge in [-0.15, -0.1) is 11.6 Å². The quantitative estimate of drug-likeness (QED) is 0.133. The van der Waals surface area contributed by atoms with Crippen molar-refractivity contribution in [3.8, 4) is 5.75 Å². The predicted molar refractivity (Wildman–Crippen MR) is 136 cm³/mol. The largest absolute Gasteiger partial charge is 0.505 e. The van der Waals surface area contributed by atoms with E-state index in [-0.39, 0.29) is 41.8 Å². The molecule has 2 unspecified atom stereocenters. The number of carbonyl (C=O) groups excluding carboxylic acids is 5. The normalized spacial score (nSPS) is 29.5. The summed E-state index contributed by atoms with van der Waals surface area (Å²) in [6, 6.07) is 1.49. The van der Waals surface area contributed by atoms with Gasteiger partial charge in [-0.1, -0.05) is 0 Å². The molecule has 2 saturated carbocycles. The van der Waals surface area contributed by atoms with Gasteiger partial charge in [0.05, 0.1) is 17.4 Å². The SMILES string of the molecule is CN(C)c1cc(N=C(N)N=C(N)CCl)c(O)c2c1C[C@H]1C[C@H]3CC(=O)C(C(N)=O)C(=O)[C@@]3(O)C(=O)C1C2=O. The minimum atomic E-state index is -2.73. The third-order valence-corrected chi connectivity index (χ3v) is 7.74. The number of guanidine groups is 1. The molecule has 4 rings (SSSR count). The number of hydrogen-bond acceptors (Lipinski definition) is 9. The average molecular weight is 547 g/mol. The highest BCUT2D eigenvalue weighted by Gasteiger charge is 2.66. The lowest BCUT2D eigenvalue weighted by Crippen LogP contribution is -2.68. The Morgan fingerprint density at radius 1 is 1.16 bits per heavy atom. The summed E-state index contributed by atoms with van der Waals surface area (Å²) in [4.78, 5) is 74.2. The van der Waals surface area contributed by atoms with Crippen LogP contribution in [0.25, 0.3) is 0 Å². The Balaban J connectivity index is 1.85. The zero-order valence-corrected chi connectivity index (χ0v) is 21.4. The van der Waals surface area contributed by atoms with Gasteiger partial charge in [0.25, 0.3) is 0 Å². The Hall–Kier alpha value is -3.84. The highest BCUT2D eigenvalue weighted by molar-refractivity contribution is 6.31. The van der Waals surface area contributed by atoms with Crippen LogP contribution in [0, 0.1) is 23.7 Å². The number of ketones is 4. The summed E-state index contributed by atoms with van der Waals surface area (Å²) in [6.07, 6.45) is -0.284. The number of halogens is 1. The lowest BCUT2D eigenvalue weighted by molar-refractivity contribution is -0.175. The van der Waals surface area contributed by atoms with E-state index in [0.29, 0.717) is 11.3 Å². The molecule has 38 heavy (non-hydrogen) atoms. The number of carbonyl (C=O) groups is 5. The number of aliphatic hydroxyl groups is 1. The minimum absolute atomic E-state index is 0.00600. The first-order chi connectivity index (χ1) is 17.7. The molecular weight excluding hydrogens is 520 g/mol. The van der Waals surface area contributed by atoms with Gasteiger partial charge < -0.3 is 32.3 Å². The number of rotatable bonds is 4. The summed E-state index contributed by atoms with van der Waals surface area (Å²) in [7, 11) is 3.41. The van der Waals surface area contributed by atoms with E-state index in [2.05, 4.69) is 9.98 Å². The van der Waals surface area contributed by atoms with Gasteiger partial charge in [-0.05, 0) is 30.4 Å². The Bertz CT molecular complexity index is 1360. The highest BCUT2D eigenvalue weighted by Crippen LogP contribution is 2.52. The first-order valence-electron chi connectivity index (χ1n) is 11.7. The molecule has 0 saturated heterocycles. The number of amides is 1. The molecule has 3 aliphatic rings. The number of aliphatic imine (C=N–C) groups is 2. The fraction of sp³-hybridized carbons (Fsp3) is 0.458. The molecule has 1 aromatic rings. The lowest BCUT2D eigenvalue weighted by Gasteiger charge is -2.48. The van der Waals surface area contributed by atoms with Crippen LogP contribution in [-0.4, -0.2) is 76.6 Å². The van der Waals surface area contributed by atoms with E-state index in [9.17, 15) is 34.2 Å². The molecule has 0 spiro atoms. The molecule has 5 atom stereocenters. The van der Waals surface area contributed by atoms with Gasteiger partial charge in [0.1, 0.15) is 11.5 Å². The summed E-state index contributed by atoms with van der Waals surface area (Å²) in [5.41, 5.74) is 14.4. The van der Waals surface area contributed by atoms with Gasteiger partial charge in [0.15, 0.2) is 40.4 Å². The zero-order chi connectivity index (χ0) is 28.3. The minimum Gasteiger partial charge on any atom is -0.505 e. The van der Waals surface area contributed by atoms with Crippen molar-refractivity contribution < 1.29 is 34.2 Å². The number of anilines is 1. The van der Waals surface area contributed by atoms with Crippen molar-refractivity contribution in [3.05, 3.63) is 17.2 Å². The van der Waals surface area contributed by atoms with Crippen LogP contribution in [0.15, 0.2) is 16.1 Å². The number of nitrogens with zero attached hydrogens (tertiary/aromatic N) is 3. The molecule has 14 heteroatoms. The van der Waals surface area contributed by atoms with E-state index >= 15 is 0 Å². The Kier molecular flexibility index (Phi) is 6.78. The summed E-state index contributed by atoms with van der Waals surface area (Å²) in [5.74, 6) is -11.6. The maximum Gasteiger partial charge on any atom is 0.235 e. The maximum atomic E-state index is 13.8. The number of phenols is 1. The van der Waals surface area contributed by atoms with E-state index in [4.69, 9.17) is 28.8 Å². The molecule has 0 radical (unpaired) electrons. The van der Waals surface area contributed by atoms with Crippen LogP contribution in [0.2, 0.25) is 0 Å². The number of benzene rings is 1. The molecule has 202 valence electrons. The van der Waals surface area contributed by atoms with Gasteiger partial charge in [-0.2, -0.15) is 4.99 Å². The number of hydrogen-bond donors (Lipinski definition) is 5. The second-order valence-corrected chi connectivity index (χ2v) is 10.2. The second-order valence-electron chi connectivity index (χ2n) is 9.96. The molecular formula is C24H27ClN6O7. The number of phenolic OH excluding ortho intramolecular Hbond substituents is 1. The van der Waals surface area contributed by atoms with E-state index in [1.807, 2.05) is 0 Å². The summed E-state index contributed by atoms with van der Waals surface area (Å²) < 4.78 is 0. The van der Waals surface area contributed by atoms with Gasteiger partial charge >= 0.3 is 0 Å². The van der Waals surface area contributed by atoms with Crippen LogP contribution in [-0.2, 0) is 25.6 Å². The molecule has 0 heterocycles. The average Bonchev–Trinajstić information content (AvgIpc) is 2.82. The molecule has 0 aliphatic heterocycles. The number of amidine groups is 1. The number of primary amides is 1. The fourth-order valence-electron chi connectivity index (χ4n) is 5.81. The predicted octanol–water partition coefficient (Wildman–Crippen LogP) is -1.06. The monoisotopic (exact) mass is 546 g/mol. The Morgan fingerprint density at radius 2 is 1.82 bits per heavy atom. The summed E-state index contributed by atoms with van der Waals surface area (Å²) in [5, 5.41) is 22.4. The first-order valence-corrected chi connectivity index (χ1v) is 12.2. The second kappa shape index (κ2) is 9.48. The number of nitrogens with two attached hydrogens (primary N) is 3. The smallest absolute Gasteiger partial charge is 0.235 e. The number of alkyl halides is 1. The summed E-state index contributed by atoms with van der Waals surface area (Å²) in [6.45, 7) is 0.